The number of H-pyrrole nitrogens is 1. The van der Waals surface area contributed by atoms with Gasteiger partial charge in [-0.25, -0.2) is 4.98 Å². The number of hydrogen-bond acceptors (Lipinski definition) is 4. The van der Waals surface area contributed by atoms with Crippen molar-refractivity contribution in [3.63, 3.8) is 0 Å². The third kappa shape index (κ3) is 1.53. The van der Waals surface area contributed by atoms with Gasteiger partial charge in [0.15, 0.2) is 5.69 Å². The summed E-state index contributed by atoms with van der Waals surface area (Å²) in [6, 6.07) is 0. The summed E-state index contributed by atoms with van der Waals surface area (Å²) in [6.07, 6.45) is 1.28. The van der Waals surface area contributed by atoms with Gasteiger partial charge in [0.2, 0.25) is 5.82 Å². The van der Waals surface area contributed by atoms with Gasteiger partial charge in [-0.3, -0.25) is 4.79 Å². The standard InChI is InChI=1S/C4H4ClN5O/c5-10-9-4-2(3(6)11)7-1-8-4/h1H,(H2,6,11)(H,7,8)/b10-9+. The molecule has 1 aromatic rings. The minimum Gasteiger partial charge on any atom is -0.364 e. The van der Waals surface area contributed by atoms with E-state index in [-0.39, 0.29) is 11.5 Å². The zero-order valence-corrected chi connectivity index (χ0v) is 6.04. The molecule has 0 aliphatic rings. The Hall–Kier alpha value is -1.43. The van der Waals surface area contributed by atoms with Crippen LogP contribution < -0.4 is 5.73 Å². The van der Waals surface area contributed by atoms with Crippen molar-refractivity contribution in [2.45, 2.75) is 0 Å². The molecule has 1 aromatic heterocycles. The summed E-state index contributed by atoms with van der Waals surface area (Å²) in [5.41, 5.74) is 5.03. The Balaban J connectivity index is 3.05. The van der Waals surface area contributed by atoms with Crippen molar-refractivity contribution in [1.29, 1.82) is 0 Å². The summed E-state index contributed by atoms with van der Waals surface area (Å²) in [5, 5.41) is 3.34. The molecule has 3 N–H and O–H groups in total. The molecule has 0 fully saturated rings. The van der Waals surface area contributed by atoms with Crippen molar-refractivity contribution in [3.05, 3.63) is 12.0 Å². The summed E-state index contributed by atoms with van der Waals surface area (Å²) in [7, 11) is 0. The van der Waals surface area contributed by atoms with Crippen molar-refractivity contribution < 1.29 is 4.79 Å². The summed E-state index contributed by atoms with van der Waals surface area (Å²) >= 11 is 4.92. The molecule has 0 saturated carbocycles. The van der Waals surface area contributed by atoms with Crippen molar-refractivity contribution in [1.82, 2.24) is 9.97 Å². The second-order valence-corrected chi connectivity index (χ2v) is 1.79. The average Bonchev–Trinajstić information content (AvgIpc) is 2.36. The van der Waals surface area contributed by atoms with E-state index in [9.17, 15) is 4.79 Å². The Morgan fingerprint density at radius 2 is 2.55 bits per heavy atom. The number of aromatic amines is 1. The SMILES string of the molecule is NC(=O)c1[nH]cnc1/N=N/Cl. The van der Waals surface area contributed by atoms with E-state index in [0.717, 1.165) is 0 Å². The Bertz CT molecular complexity index is 292. The smallest absolute Gasteiger partial charge is 0.269 e. The zero-order chi connectivity index (χ0) is 8.27. The predicted molar refractivity (Wildman–Crippen MR) is 37.5 cm³/mol. The predicted octanol–water partition coefficient (Wildman–Crippen LogP) is 0.746. The van der Waals surface area contributed by atoms with Gasteiger partial charge in [-0.15, -0.1) is 5.11 Å². The fourth-order valence-electron chi connectivity index (χ4n) is 0.580. The van der Waals surface area contributed by atoms with Crippen LogP contribution >= 0.6 is 11.8 Å². The van der Waals surface area contributed by atoms with Crippen LogP contribution in [0, 0.1) is 0 Å². The van der Waals surface area contributed by atoms with Gasteiger partial charge in [-0.05, 0) is 0 Å². The Morgan fingerprint density at radius 1 is 1.82 bits per heavy atom. The third-order valence-electron chi connectivity index (χ3n) is 0.998. The van der Waals surface area contributed by atoms with Gasteiger partial charge < -0.3 is 10.7 Å². The number of aromatic nitrogens is 2. The van der Waals surface area contributed by atoms with Crippen LogP contribution in [-0.4, -0.2) is 15.9 Å². The lowest BCUT2D eigenvalue weighted by Gasteiger charge is -1.87. The van der Waals surface area contributed by atoms with Gasteiger partial charge >= 0.3 is 0 Å². The number of nitrogens with zero attached hydrogens (tertiary/aromatic N) is 3. The lowest BCUT2D eigenvalue weighted by Crippen LogP contribution is -2.11. The van der Waals surface area contributed by atoms with Crippen LogP contribution in [-0.2, 0) is 0 Å². The fraction of sp³-hybridized carbons (Fsp3) is 0. The molecule has 1 rings (SSSR count). The van der Waals surface area contributed by atoms with Crippen molar-refractivity contribution in [2.24, 2.45) is 15.5 Å². The normalized spacial score (nSPS) is 10.6. The van der Waals surface area contributed by atoms with Gasteiger partial charge in [0, 0.05) is 0 Å². The molecule has 0 unspecified atom stereocenters. The van der Waals surface area contributed by atoms with E-state index in [2.05, 4.69) is 19.7 Å². The van der Waals surface area contributed by atoms with Gasteiger partial charge in [0.25, 0.3) is 5.91 Å². The first-order valence-corrected chi connectivity index (χ1v) is 2.94. The van der Waals surface area contributed by atoms with E-state index < -0.39 is 5.91 Å². The first kappa shape index (κ1) is 7.67. The van der Waals surface area contributed by atoms with E-state index in [4.69, 9.17) is 17.5 Å². The highest BCUT2D eigenvalue weighted by atomic mass is 35.5. The molecule has 0 aliphatic carbocycles. The molecule has 1 amide bonds. The molecule has 7 heteroatoms. The summed E-state index contributed by atoms with van der Waals surface area (Å²) in [6.45, 7) is 0. The number of amides is 1. The molecule has 58 valence electrons. The van der Waals surface area contributed by atoms with Gasteiger partial charge in [-0.1, -0.05) is 4.63 Å². The largest absolute Gasteiger partial charge is 0.364 e. The number of primary amides is 1. The summed E-state index contributed by atoms with van der Waals surface area (Å²) in [5.74, 6) is -0.561. The van der Waals surface area contributed by atoms with Crippen LogP contribution in [0.15, 0.2) is 16.1 Å². The first-order valence-electron chi connectivity index (χ1n) is 2.61. The minimum atomic E-state index is -0.651. The number of nitrogens with two attached hydrogens (primary N) is 1. The maximum absolute atomic E-state index is 10.6. The lowest BCUT2D eigenvalue weighted by molar-refractivity contribution is 0.0997. The molecule has 0 atom stereocenters. The first-order chi connectivity index (χ1) is 5.25. The molecule has 0 aliphatic heterocycles. The number of carbonyl (C=O) groups excluding carboxylic acids is 1. The number of imidazole rings is 1. The molecule has 1 heterocycles. The molecule has 0 aromatic carbocycles. The van der Waals surface area contributed by atoms with Crippen LogP contribution in [0.3, 0.4) is 0 Å². The van der Waals surface area contributed by atoms with Crippen LogP contribution in [0.4, 0.5) is 5.82 Å². The maximum Gasteiger partial charge on any atom is 0.269 e. The van der Waals surface area contributed by atoms with Gasteiger partial charge in [0.1, 0.15) is 0 Å². The molecule has 0 bridgehead atoms. The van der Waals surface area contributed by atoms with Crippen LogP contribution in [0.2, 0.25) is 0 Å². The maximum atomic E-state index is 10.6. The van der Waals surface area contributed by atoms with Gasteiger partial charge in [-0.2, -0.15) is 0 Å². The van der Waals surface area contributed by atoms with E-state index in [0.29, 0.717) is 0 Å². The molecule has 0 saturated heterocycles. The third-order valence-corrected chi connectivity index (χ3v) is 1.07. The second-order valence-electron chi connectivity index (χ2n) is 1.64. The Kier molecular flexibility index (Phi) is 2.17. The van der Waals surface area contributed by atoms with Gasteiger partial charge in [0.05, 0.1) is 18.1 Å². The second kappa shape index (κ2) is 3.11. The highest BCUT2D eigenvalue weighted by Crippen LogP contribution is 2.12. The number of halogens is 1. The number of hydrogen-bond donors (Lipinski definition) is 2. The zero-order valence-electron chi connectivity index (χ0n) is 5.28. The molecule has 0 radical (unpaired) electrons. The Morgan fingerprint density at radius 3 is 3.09 bits per heavy atom. The highest BCUT2D eigenvalue weighted by Gasteiger charge is 2.09. The van der Waals surface area contributed by atoms with Crippen molar-refractivity contribution in [2.75, 3.05) is 0 Å². The van der Waals surface area contributed by atoms with E-state index >= 15 is 0 Å². The molecule has 6 nitrogen and oxygen atoms in total. The average molecular weight is 174 g/mol. The van der Waals surface area contributed by atoms with Crippen molar-refractivity contribution in [3.8, 4) is 0 Å². The van der Waals surface area contributed by atoms with Crippen LogP contribution in [0.1, 0.15) is 10.5 Å². The topological polar surface area (TPSA) is 96.5 Å². The number of carbonyl (C=O) groups is 1. The quantitative estimate of drug-likeness (QED) is 0.646. The van der Waals surface area contributed by atoms with E-state index in [1.807, 2.05) is 0 Å². The minimum absolute atomic E-state index is 0.0903. The summed E-state index contributed by atoms with van der Waals surface area (Å²) in [4.78, 5) is 16.7. The molecular formula is C4H4ClN5O. The molecular weight excluding hydrogens is 170 g/mol. The van der Waals surface area contributed by atoms with Crippen molar-refractivity contribution >= 4 is 23.5 Å². The Labute approximate surface area is 66.6 Å². The van der Waals surface area contributed by atoms with Crippen LogP contribution in [0.25, 0.3) is 0 Å². The highest BCUT2D eigenvalue weighted by molar-refractivity contribution is 6.14. The van der Waals surface area contributed by atoms with E-state index in [1.54, 1.807) is 0 Å². The lowest BCUT2D eigenvalue weighted by atomic mass is 10.4. The van der Waals surface area contributed by atoms with Crippen LogP contribution in [0.5, 0.6) is 0 Å². The number of nitrogens with one attached hydrogen (secondary N) is 1. The van der Waals surface area contributed by atoms with E-state index in [1.165, 1.54) is 6.33 Å². The molecule has 0 spiro atoms. The monoisotopic (exact) mass is 173 g/mol. The number of rotatable bonds is 2. The summed E-state index contributed by atoms with van der Waals surface area (Å²) < 4.78 is 2.93. The fourth-order valence-corrected chi connectivity index (χ4v) is 0.652. The molecule has 11 heavy (non-hydrogen) atoms.